The van der Waals surface area contributed by atoms with Crippen LogP contribution >= 0.6 is 0 Å². The summed E-state index contributed by atoms with van der Waals surface area (Å²) in [5.41, 5.74) is 0.946. The number of fused-ring (bicyclic) bond motifs is 1. The third kappa shape index (κ3) is 3.56. The van der Waals surface area contributed by atoms with Crippen LogP contribution in [0, 0.1) is 0 Å². The Bertz CT molecular complexity index is 458. The molecule has 0 bridgehead atoms. The van der Waals surface area contributed by atoms with Crippen molar-refractivity contribution in [2.45, 2.75) is 20.3 Å². The summed E-state index contributed by atoms with van der Waals surface area (Å²) in [6.07, 6.45) is 0.496. The van der Waals surface area contributed by atoms with Crippen molar-refractivity contribution in [3.8, 4) is 11.5 Å². The summed E-state index contributed by atoms with van der Waals surface area (Å²) in [5, 5.41) is 3.25. The van der Waals surface area contributed by atoms with Gasteiger partial charge in [0.15, 0.2) is 11.5 Å². The first-order valence-corrected chi connectivity index (χ1v) is 7.16. The normalized spacial score (nSPS) is 12.9. The molecule has 2 rings (SSSR count). The molecular weight excluding hydrogens is 256 g/mol. The first-order chi connectivity index (χ1) is 9.74. The molecule has 1 N–H and O–H groups in total. The van der Waals surface area contributed by atoms with E-state index in [1.807, 2.05) is 36.9 Å². The highest BCUT2D eigenvalue weighted by Gasteiger charge is 2.12. The van der Waals surface area contributed by atoms with Gasteiger partial charge in [-0.15, -0.1) is 0 Å². The van der Waals surface area contributed by atoms with E-state index in [0.717, 1.165) is 30.3 Å². The Kier molecular flexibility index (Phi) is 5.09. The van der Waals surface area contributed by atoms with Crippen LogP contribution in [0.2, 0.25) is 0 Å². The molecule has 0 saturated heterocycles. The Balaban J connectivity index is 1.84. The molecule has 0 aromatic heterocycles. The predicted octanol–water partition coefficient (Wildman–Crippen LogP) is 2.13. The van der Waals surface area contributed by atoms with Crippen molar-refractivity contribution in [2.75, 3.05) is 38.2 Å². The highest BCUT2D eigenvalue weighted by Crippen LogP contribution is 2.32. The van der Waals surface area contributed by atoms with Gasteiger partial charge in [0.1, 0.15) is 13.2 Å². The summed E-state index contributed by atoms with van der Waals surface area (Å²) in [6.45, 7) is 7.31. The van der Waals surface area contributed by atoms with Gasteiger partial charge in [-0.25, -0.2) is 0 Å². The van der Waals surface area contributed by atoms with E-state index in [1.165, 1.54) is 0 Å². The maximum atomic E-state index is 11.9. The fourth-order valence-corrected chi connectivity index (χ4v) is 2.20. The second-order valence-electron chi connectivity index (χ2n) is 4.60. The smallest absolute Gasteiger partial charge is 0.224 e. The molecule has 1 amide bonds. The van der Waals surface area contributed by atoms with Crippen molar-refractivity contribution in [3.63, 3.8) is 0 Å². The third-order valence-corrected chi connectivity index (χ3v) is 3.33. The molecule has 1 aromatic carbocycles. The Labute approximate surface area is 119 Å². The summed E-state index contributed by atoms with van der Waals surface area (Å²) < 4.78 is 11.0. The van der Waals surface area contributed by atoms with Crippen molar-refractivity contribution in [1.82, 2.24) is 4.90 Å². The molecule has 0 saturated carbocycles. The van der Waals surface area contributed by atoms with Crippen LogP contribution in [0.5, 0.6) is 11.5 Å². The number of ether oxygens (including phenoxy) is 2. The van der Waals surface area contributed by atoms with Crippen molar-refractivity contribution in [3.05, 3.63) is 18.2 Å². The van der Waals surface area contributed by atoms with Crippen LogP contribution in [0.3, 0.4) is 0 Å². The zero-order valence-electron chi connectivity index (χ0n) is 12.1. The number of hydrogen-bond donors (Lipinski definition) is 1. The maximum Gasteiger partial charge on any atom is 0.224 e. The molecule has 5 nitrogen and oxygen atoms in total. The molecule has 0 radical (unpaired) electrons. The van der Waals surface area contributed by atoms with Crippen molar-refractivity contribution in [2.24, 2.45) is 0 Å². The number of carbonyl (C=O) groups is 1. The average molecular weight is 278 g/mol. The SMILES string of the molecule is CCN(CC)C(=O)CCNc1ccc2c(c1)OCCO2. The molecule has 1 heterocycles. The Morgan fingerprint density at radius 2 is 1.90 bits per heavy atom. The molecular formula is C15H22N2O3. The van der Waals surface area contributed by atoms with Crippen LogP contribution in [-0.2, 0) is 4.79 Å². The predicted molar refractivity (Wildman–Crippen MR) is 78.5 cm³/mol. The van der Waals surface area contributed by atoms with Crippen LogP contribution in [0.25, 0.3) is 0 Å². The van der Waals surface area contributed by atoms with Gasteiger partial charge < -0.3 is 19.7 Å². The van der Waals surface area contributed by atoms with Gasteiger partial charge >= 0.3 is 0 Å². The molecule has 20 heavy (non-hydrogen) atoms. The van der Waals surface area contributed by atoms with E-state index >= 15 is 0 Å². The van der Waals surface area contributed by atoms with Gasteiger partial charge in [0.25, 0.3) is 0 Å². The van der Waals surface area contributed by atoms with Gasteiger partial charge in [-0.1, -0.05) is 0 Å². The maximum absolute atomic E-state index is 11.9. The number of amides is 1. The topological polar surface area (TPSA) is 50.8 Å². The summed E-state index contributed by atoms with van der Waals surface area (Å²) in [5.74, 6) is 1.72. The molecule has 0 spiro atoms. The summed E-state index contributed by atoms with van der Waals surface area (Å²) >= 11 is 0. The Morgan fingerprint density at radius 1 is 1.20 bits per heavy atom. The highest BCUT2D eigenvalue weighted by atomic mass is 16.6. The molecule has 1 aromatic rings. The summed E-state index contributed by atoms with van der Waals surface area (Å²) in [6, 6.07) is 5.74. The minimum atomic E-state index is 0.181. The molecule has 110 valence electrons. The monoisotopic (exact) mass is 278 g/mol. The van der Waals surface area contributed by atoms with Crippen LogP contribution in [-0.4, -0.2) is 43.7 Å². The van der Waals surface area contributed by atoms with Crippen LogP contribution in [0.4, 0.5) is 5.69 Å². The highest BCUT2D eigenvalue weighted by molar-refractivity contribution is 5.76. The number of benzene rings is 1. The standard InChI is InChI=1S/C15H22N2O3/c1-3-17(4-2)15(18)7-8-16-12-5-6-13-14(11-12)20-10-9-19-13/h5-6,11,16H,3-4,7-10H2,1-2H3. The molecule has 1 aliphatic heterocycles. The van der Waals surface area contributed by atoms with Gasteiger partial charge in [-0.2, -0.15) is 0 Å². The van der Waals surface area contributed by atoms with Gasteiger partial charge in [-0.05, 0) is 26.0 Å². The number of rotatable bonds is 6. The lowest BCUT2D eigenvalue weighted by atomic mass is 10.2. The van der Waals surface area contributed by atoms with E-state index in [1.54, 1.807) is 0 Å². The Hall–Kier alpha value is -1.91. The molecule has 0 atom stereocenters. The van der Waals surface area contributed by atoms with E-state index in [0.29, 0.717) is 26.2 Å². The molecule has 0 aliphatic carbocycles. The van der Waals surface area contributed by atoms with E-state index in [2.05, 4.69) is 5.32 Å². The summed E-state index contributed by atoms with van der Waals surface area (Å²) in [4.78, 5) is 13.7. The molecule has 5 heteroatoms. The lowest BCUT2D eigenvalue weighted by molar-refractivity contribution is -0.130. The lowest BCUT2D eigenvalue weighted by Crippen LogP contribution is -2.31. The van der Waals surface area contributed by atoms with Crippen LogP contribution in [0.1, 0.15) is 20.3 Å². The quantitative estimate of drug-likeness (QED) is 0.866. The van der Waals surface area contributed by atoms with Gasteiger partial charge in [0.2, 0.25) is 5.91 Å². The molecule has 0 unspecified atom stereocenters. The second-order valence-corrected chi connectivity index (χ2v) is 4.60. The van der Waals surface area contributed by atoms with E-state index in [4.69, 9.17) is 9.47 Å². The van der Waals surface area contributed by atoms with E-state index in [-0.39, 0.29) is 5.91 Å². The van der Waals surface area contributed by atoms with Gasteiger partial charge in [0, 0.05) is 37.8 Å². The van der Waals surface area contributed by atoms with Gasteiger partial charge in [0.05, 0.1) is 0 Å². The minimum Gasteiger partial charge on any atom is -0.486 e. The average Bonchev–Trinajstić information content (AvgIpc) is 2.48. The zero-order valence-corrected chi connectivity index (χ0v) is 12.1. The number of anilines is 1. The fraction of sp³-hybridized carbons (Fsp3) is 0.533. The fourth-order valence-electron chi connectivity index (χ4n) is 2.20. The first kappa shape index (κ1) is 14.5. The van der Waals surface area contributed by atoms with Gasteiger partial charge in [-0.3, -0.25) is 4.79 Å². The van der Waals surface area contributed by atoms with Crippen LogP contribution in [0.15, 0.2) is 18.2 Å². The third-order valence-electron chi connectivity index (χ3n) is 3.33. The van der Waals surface area contributed by atoms with Crippen molar-refractivity contribution in [1.29, 1.82) is 0 Å². The lowest BCUT2D eigenvalue weighted by Gasteiger charge is -2.20. The first-order valence-electron chi connectivity index (χ1n) is 7.16. The van der Waals surface area contributed by atoms with Crippen LogP contribution < -0.4 is 14.8 Å². The number of nitrogens with zero attached hydrogens (tertiary/aromatic N) is 1. The van der Waals surface area contributed by atoms with Crippen molar-refractivity contribution >= 4 is 11.6 Å². The van der Waals surface area contributed by atoms with Crippen molar-refractivity contribution < 1.29 is 14.3 Å². The minimum absolute atomic E-state index is 0.181. The zero-order chi connectivity index (χ0) is 14.4. The molecule has 1 aliphatic rings. The summed E-state index contributed by atoms with van der Waals surface area (Å²) in [7, 11) is 0. The van der Waals surface area contributed by atoms with E-state index in [9.17, 15) is 4.79 Å². The largest absolute Gasteiger partial charge is 0.486 e. The molecule has 0 fully saturated rings. The number of hydrogen-bond acceptors (Lipinski definition) is 4. The second kappa shape index (κ2) is 7.03. The van der Waals surface area contributed by atoms with E-state index < -0.39 is 0 Å². The number of nitrogens with one attached hydrogen (secondary N) is 1. The number of carbonyl (C=O) groups excluding carboxylic acids is 1. The Morgan fingerprint density at radius 3 is 2.60 bits per heavy atom.